The molecular formula is C6H2Cl2N2O3S. The summed E-state index contributed by atoms with van der Waals surface area (Å²) in [6.07, 6.45) is 0. The fourth-order valence-electron chi connectivity index (χ4n) is 0.782. The summed E-state index contributed by atoms with van der Waals surface area (Å²) in [5.74, 6) is 0. The van der Waals surface area contributed by atoms with Gasteiger partial charge in [-0.3, -0.25) is 10.1 Å². The number of non-ortho nitro benzene ring substituents is 1. The zero-order chi connectivity index (χ0) is 10.7. The number of nitrogens with zero attached hydrogens (tertiary/aromatic N) is 2. The molecule has 0 spiro atoms. The lowest BCUT2D eigenvalue weighted by Gasteiger charge is -1.98. The number of hydrogen-bond donors (Lipinski definition) is 0. The molecule has 0 aromatic heterocycles. The quantitative estimate of drug-likeness (QED) is 0.600. The molecule has 0 bridgehead atoms. The van der Waals surface area contributed by atoms with Crippen LogP contribution in [-0.4, -0.2) is 9.13 Å². The van der Waals surface area contributed by atoms with Gasteiger partial charge in [0.05, 0.1) is 15.0 Å². The van der Waals surface area contributed by atoms with Crippen LogP contribution in [0, 0.1) is 10.1 Å². The van der Waals surface area contributed by atoms with Gasteiger partial charge in [-0.15, -0.1) is 0 Å². The molecule has 0 saturated carbocycles. The Morgan fingerprint density at radius 1 is 1.36 bits per heavy atom. The van der Waals surface area contributed by atoms with Crippen LogP contribution in [0.5, 0.6) is 0 Å². The Morgan fingerprint density at radius 3 is 2.21 bits per heavy atom. The van der Waals surface area contributed by atoms with Gasteiger partial charge in [0.25, 0.3) is 5.69 Å². The molecule has 74 valence electrons. The SMILES string of the molecule is O=S=Nc1c(Cl)cc([N+](=O)[O-])cc1Cl. The molecule has 0 heterocycles. The van der Waals surface area contributed by atoms with Crippen LogP contribution in [0.4, 0.5) is 11.4 Å². The second-order valence-corrected chi connectivity index (χ2v) is 3.33. The molecule has 0 aliphatic rings. The third-order valence-corrected chi connectivity index (χ3v) is 2.17. The van der Waals surface area contributed by atoms with Gasteiger partial charge < -0.3 is 0 Å². The van der Waals surface area contributed by atoms with Crippen LogP contribution in [0.3, 0.4) is 0 Å². The first-order valence-corrected chi connectivity index (χ1v) is 4.65. The minimum atomic E-state index is -0.633. The van der Waals surface area contributed by atoms with Gasteiger partial charge >= 0.3 is 0 Å². The highest BCUT2D eigenvalue weighted by Crippen LogP contribution is 2.36. The normalized spacial score (nSPS) is 9.57. The average molecular weight is 253 g/mol. The summed E-state index contributed by atoms with van der Waals surface area (Å²) in [4.78, 5) is 9.73. The van der Waals surface area contributed by atoms with Gasteiger partial charge in [-0.05, 0) is 0 Å². The van der Waals surface area contributed by atoms with Gasteiger partial charge in [0, 0.05) is 12.1 Å². The maximum absolute atomic E-state index is 10.4. The van der Waals surface area contributed by atoms with Crippen LogP contribution in [0.25, 0.3) is 0 Å². The average Bonchev–Trinajstić information content (AvgIpc) is 2.10. The highest BCUT2D eigenvalue weighted by Gasteiger charge is 2.13. The van der Waals surface area contributed by atoms with E-state index in [1.807, 2.05) is 0 Å². The molecule has 0 aliphatic heterocycles. The summed E-state index contributed by atoms with van der Waals surface area (Å²) in [5.41, 5.74) is -0.186. The third-order valence-electron chi connectivity index (χ3n) is 1.34. The van der Waals surface area contributed by atoms with E-state index in [0.717, 1.165) is 12.1 Å². The molecule has 1 aromatic rings. The second kappa shape index (κ2) is 4.50. The van der Waals surface area contributed by atoms with E-state index in [1.54, 1.807) is 0 Å². The molecule has 0 atom stereocenters. The minimum absolute atomic E-state index is 0.0208. The Labute approximate surface area is 92.0 Å². The largest absolute Gasteiger partial charge is 0.272 e. The smallest absolute Gasteiger partial charge is 0.258 e. The lowest BCUT2D eigenvalue weighted by molar-refractivity contribution is -0.384. The van der Waals surface area contributed by atoms with Crippen molar-refractivity contribution in [1.29, 1.82) is 0 Å². The van der Waals surface area contributed by atoms with E-state index < -0.39 is 4.92 Å². The van der Waals surface area contributed by atoms with E-state index in [-0.39, 0.29) is 32.9 Å². The van der Waals surface area contributed by atoms with Crippen LogP contribution in [-0.2, 0) is 11.5 Å². The van der Waals surface area contributed by atoms with Gasteiger partial charge in [-0.1, -0.05) is 23.2 Å². The van der Waals surface area contributed by atoms with E-state index in [1.165, 1.54) is 0 Å². The van der Waals surface area contributed by atoms with Crippen LogP contribution < -0.4 is 0 Å². The van der Waals surface area contributed by atoms with Crippen molar-refractivity contribution >= 4 is 46.0 Å². The third kappa shape index (κ3) is 2.28. The van der Waals surface area contributed by atoms with Crippen LogP contribution in [0.1, 0.15) is 0 Å². The zero-order valence-corrected chi connectivity index (χ0v) is 8.77. The lowest BCUT2D eigenvalue weighted by atomic mass is 10.3. The predicted octanol–water partition coefficient (Wildman–Crippen LogP) is 2.93. The number of rotatable bonds is 2. The van der Waals surface area contributed by atoms with Crippen molar-refractivity contribution in [3.05, 3.63) is 32.3 Å². The lowest BCUT2D eigenvalue weighted by Crippen LogP contribution is -1.87. The fourth-order valence-corrected chi connectivity index (χ4v) is 1.71. The van der Waals surface area contributed by atoms with E-state index in [2.05, 4.69) is 4.36 Å². The van der Waals surface area contributed by atoms with Gasteiger partial charge in [-0.2, -0.15) is 8.57 Å². The summed E-state index contributed by atoms with van der Waals surface area (Å²) in [5, 5.41) is 10.3. The van der Waals surface area contributed by atoms with Crippen molar-refractivity contribution < 1.29 is 9.13 Å². The summed E-state index contributed by atoms with van der Waals surface area (Å²) >= 11 is 11.2. The molecule has 1 rings (SSSR count). The van der Waals surface area contributed by atoms with Crippen molar-refractivity contribution in [3.8, 4) is 0 Å². The molecule has 0 N–H and O–H groups in total. The van der Waals surface area contributed by atoms with Gasteiger partial charge in [-0.25, -0.2) is 0 Å². The molecule has 8 heteroatoms. The monoisotopic (exact) mass is 252 g/mol. The van der Waals surface area contributed by atoms with Crippen molar-refractivity contribution in [2.75, 3.05) is 0 Å². The molecule has 0 fully saturated rings. The maximum Gasteiger partial charge on any atom is 0.272 e. The number of nitro benzene ring substituents is 1. The van der Waals surface area contributed by atoms with Crippen molar-refractivity contribution in [1.82, 2.24) is 0 Å². The summed E-state index contributed by atoms with van der Waals surface area (Å²) < 4.78 is 13.5. The molecule has 5 nitrogen and oxygen atoms in total. The molecule has 0 saturated heterocycles. The summed E-state index contributed by atoms with van der Waals surface area (Å²) in [7, 11) is 0. The highest BCUT2D eigenvalue weighted by atomic mass is 35.5. The van der Waals surface area contributed by atoms with Gasteiger partial charge in [0.15, 0.2) is 0 Å². The van der Waals surface area contributed by atoms with Crippen molar-refractivity contribution in [2.24, 2.45) is 4.36 Å². The Balaban J connectivity index is 3.39. The standard InChI is InChI=1S/C6H2Cl2N2O3S/c7-4-1-3(10(11)12)2-5(8)6(4)9-14-13/h1-2H. The Morgan fingerprint density at radius 2 is 1.86 bits per heavy atom. The molecule has 0 aliphatic carbocycles. The topological polar surface area (TPSA) is 72.6 Å². The molecular weight excluding hydrogens is 251 g/mol. The number of nitro groups is 1. The number of hydrogen-bond acceptors (Lipinski definition) is 4. The molecule has 14 heavy (non-hydrogen) atoms. The van der Waals surface area contributed by atoms with E-state index in [9.17, 15) is 14.3 Å². The zero-order valence-electron chi connectivity index (χ0n) is 6.44. The van der Waals surface area contributed by atoms with Crippen LogP contribution in [0.2, 0.25) is 10.0 Å². The Bertz CT molecular complexity index is 422. The predicted molar refractivity (Wildman–Crippen MR) is 53.3 cm³/mol. The van der Waals surface area contributed by atoms with Crippen LogP contribution in [0.15, 0.2) is 16.5 Å². The molecule has 0 radical (unpaired) electrons. The second-order valence-electron chi connectivity index (χ2n) is 2.18. The fraction of sp³-hybridized carbons (Fsp3) is 0. The highest BCUT2D eigenvalue weighted by molar-refractivity contribution is 7.54. The van der Waals surface area contributed by atoms with Crippen molar-refractivity contribution in [3.63, 3.8) is 0 Å². The van der Waals surface area contributed by atoms with Gasteiger partial charge in [0.1, 0.15) is 5.69 Å². The molecule has 0 amide bonds. The summed E-state index contributed by atoms with van der Waals surface area (Å²) in [6.45, 7) is 0. The van der Waals surface area contributed by atoms with E-state index in [0.29, 0.717) is 0 Å². The maximum atomic E-state index is 10.4. The molecule has 1 aromatic carbocycles. The van der Waals surface area contributed by atoms with E-state index in [4.69, 9.17) is 23.2 Å². The van der Waals surface area contributed by atoms with Crippen molar-refractivity contribution in [2.45, 2.75) is 0 Å². The number of benzene rings is 1. The first-order chi connectivity index (χ1) is 6.56. The van der Waals surface area contributed by atoms with E-state index >= 15 is 0 Å². The summed E-state index contributed by atoms with van der Waals surface area (Å²) in [6, 6.07) is 2.17. The first kappa shape index (κ1) is 11.1. The Kier molecular flexibility index (Phi) is 3.56. The van der Waals surface area contributed by atoms with Gasteiger partial charge in [0.2, 0.25) is 11.5 Å². The van der Waals surface area contributed by atoms with Crippen LogP contribution >= 0.6 is 23.2 Å². The first-order valence-electron chi connectivity index (χ1n) is 3.19. The minimum Gasteiger partial charge on any atom is -0.258 e. The Hall–Kier alpha value is -0.980. The number of halogens is 2. The molecule has 0 unspecified atom stereocenters.